The number of piperidine rings is 1. The molecule has 3 amide bonds. The van der Waals surface area contributed by atoms with E-state index in [0.29, 0.717) is 31.6 Å². The molecule has 1 aromatic carbocycles. The maximum Gasteiger partial charge on any atom is 0.323 e. The highest BCUT2D eigenvalue weighted by Gasteiger charge is 2.28. The van der Waals surface area contributed by atoms with Gasteiger partial charge in [0, 0.05) is 55.9 Å². The van der Waals surface area contributed by atoms with Gasteiger partial charge in [-0.1, -0.05) is 0 Å². The molecule has 1 aliphatic heterocycles. The predicted octanol–water partition coefficient (Wildman–Crippen LogP) is 2.06. The molecule has 0 saturated carbocycles. The Kier molecular flexibility index (Phi) is 5.34. The van der Waals surface area contributed by atoms with Crippen molar-refractivity contribution in [1.29, 1.82) is 0 Å². The number of nitrogens with one attached hydrogen (secondary N) is 1. The minimum atomic E-state index is -0.899. The number of amides is 3. The first-order valence-electron chi connectivity index (χ1n) is 8.93. The Balaban J connectivity index is 1.61. The number of carbonyl (C=O) groups is 3. The number of carboxylic acids is 1. The zero-order valence-electron chi connectivity index (χ0n) is 15.5. The van der Waals surface area contributed by atoms with Gasteiger partial charge >= 0.3 is 12.0 Å². The van der Waals surface area contributed by atoms with E-state index in [1.165, 1.54) is 0 Å². The van der Waals surface area contributed by atoms with E-state index >= 15 is 0 Å². The van der Waals surface area contributed by atoms with Crippen LogP contribution in [0.2, 0.25) is 0 Å². The zero-order valence-corrected chi connectivity index (χ0v) is 15.5. The summed E-state index contributed by atoms with van der Waals surface area (Å²) < 4.78 is 1.65. The van der Waals surface area contributed by atoms with Crippen molar-refractivity contribution in [2.75, 3.05) is 32.5 Å². The lowest BCUT2D eigenvalue weighted by Crippen LogP contribution is -2.45. The Morgan fingerprint density at radius 2 is 1.89 bits per heavy atom. The molecule has 8 nitrogen and oxygen atoms in total. The summed E-state index contributed by atoms with van der Waals surface area (Å²) in [7, 11) is 3.45. The van der Waals surface area contributed by atoms with Crippen LogP contribution in [0.5, 0.6) is 0 Å². The molecule has 0 spiro atoms. The fourth-order valence-corrected chi connectivity index (χ4v) is 3.42. The molecule has 2 N–H and O–H groups in total. The average Bonchev–Trinajstić information content (AvgIpc) is 3.02. The number of hydrogen-bond donors (Lipinski definition) is 2. The minimum Gasteiger partial charge on any atom is -0.480 e. The van der Waals surface area contributed by atoms with Gasteiger partial charge in [-0.05, 0) is 37.1 Å². The van der Waals surface area contributed by atoms with Crippen LogP contribution in [0.15, 0.2) is 30.5 Å². The molecule has 1 aromatic heterocycles. The maximum atomic E-state index is 12.6. The van der Waals surface area contributed by atoms with Gasteiger partial charge in [-0.15, -0.1) is 0 Å². The summed E-state index contributed by atoms with van der Waals surface area (Å²) in [4.78, 5) is 38.7. The number of urea groups is 1. The van der Waals surface area contributed by atoms with Crippen molar-refractivity contribution >= 4 is 34.5 Å². The highest BCUT2D eigenvalue weighted by Crippen LogP contribution is 2.23. The van der Waals surface area contributed by atoms with Gasteiger partial charge in [-0.25, -0.2) is 4.79 Å². The van der Waals surface area contributed by atoms with E-state index < -0.39 is 5.97 Å². The van der Waals surface area contributed by atoms with Crippen molar-refractivity contribution in [2.24, 2.45) is 5.92 Å². The number of fused-ring (bicyclic) bond motifs is 1. The SMILES string of the molecule is CN(C)C(=O)N1CCC(C(=O)Nc2ccc3c(ccn3CC(=O)O)c2)CC1. The molecule has 0 aliphatic carbocycles. The van der Waals surface area contributed by atoms with Gasteiger partial charge in [-0.3, -0.25) is 9.59 Å². The van der Waals surface area contributed by atoms with Crippen LogP contribution in [0.3, 0.4) is 0 Å². The van der Waals surface area contributed by atoms with Crippen molar-refractivity contribution in [3.8, 4) is 0 Å². The number of benzene rings is 1. The Labute approximate surface area is 157 Å². The van der Waals surface area contributed by atoms with Crippen molar-refractivity contribution < 1.29 is 19.5 Å². The molecule has 8 heteroatoms. The highest BCUT2D eigenvalue weighted by molar-refractivity contribution is 5.95. The van der Waals surface area contributed by atoms with Gasteiger partial charge in [0.2, 0.25) is 5.91 Å². The molecule has 0 bridgehead atoms. The van der Waals surface area contributed by atoms with Crippen molar-refractivity contribution in [2.45, 2.75) is 19.4 Å². The molecule has 1 aliphatic rings. The molecule has 2 aromatic rings. The van der Waals surface area contributed by atoms with Gasteiger partial charge in [0.15, 0.2) is 0 Å². The topological polar surface area (TPSA) is 94.9 Å². The summed E-state index contributed by atoms with van der Waals surface area (Å²) in [6.45, 7) is 1.05. The second-order valence-corrected chi connectivity index (χ2v) is 7.04. The lowest BCUT2D eigenvalue weighted by atomic mass is 9.96. The first-order chi connectivity index (χ1) is 12.8. The quantitative estimate of drug-likeness (QED) is 0.859. The molecule has 0 radical (unpaired) electrons. The van der Waals surface area contributed by atoms with Crippen LogP contribution in [0.4, 0.5) is 10.5 Å². The van der Waals surface area contributed by atoms with Crippen LogP contribution in [0.25, 0.3) is 10.9 Å². The lowest BCUT2D eigenvalue weighted by Gasteiger charge is -2.33. The number of likely N-dealkylation sites (tertiary alicyclic amines) is 1. The van der Waals surface area contributed by atoms with E-state index in [1.54, 1.807) is 40.7 Å². The Morgan fingerprint density at radius 3 is 2.52 bits per heavy atom. The van der Waals surface area contributed by atoms with Crippen molar-refractivity contribution in [3.63, 3.8) is 0 Å². The van der Waals surface area contributed by atoms with E-state index in [-0.39, 0.29) is 24.4 Å². The molecule has 1 fully saturated rings. The number of aromatic nitrogens is 1. The van der Waals surface area contributed by atoms with Crippen molar-refractivity contribution in [1.82, 2.24) is 14.4 Å². The molecule has 1 saturated heterocycles. The predicted molar refractivity (Wildman–Crippen MR) is 102 cm³/mol. The second kappa shape index (κ2) is 7.69. The van der Waals surface area contributed by atoms with Crippen LogP contribution in [0.1, 0.15) is 12.8 Å². The normalized spacial score (nSPS) is 15.0. The first kappa shape index (κ1) is 18.8. The van der Waals surface area contributed by atoms with Crippen LogP contribution >= 0.6 is 0 Å². The van der Waals surface area contributed by atoms with Crippen LogP contribution < -0.4 is 5.32 Å². The van der Waals surface area contributed by atoms with Crippen LogP contribution in [0, 0.1) is 5.92 Å². The summed E-state index contributed by atoms with van der Waals surface area (Å²) in [5.74, 6) is -1.07. The summed E-state index contributed by atoms with van der Waals surface area (Å²) >= 11 is 0. The van der Waals surface area contributed by atoms with E-state index in [4.69, 9.17) is 5.11 Å². The maximum absolute atomic E-state index is 12.6. The third-order valence-electron chi connectivity index (χ3n) is 4.86. The van der Waals surface area contributed by atoms with E-state index in [2.05, 4.69) is 5.32 Å². The van der Waals surface area contributed by atoms with Crippen LogP contribution in [-0.2, 0) is 16.1 Å². The Hall–Kier alpha value is -3.03. The zero-order chi connectivity index (χ0) is 19.6. The number of rotatable bonds is 4. The van der Waals surface area contributed by atoms with Gasteiger partial charge in [0.25, 0.3) is 0 Å². The van der Waals surface area contributed by atoms with Gasteiger partial charge < -0.3 is 24.8 Å². The summed E-state index contributed by atoms with van der Waals surface area (Å²) in [6.07, 6.45) is 3.01. The van der Waals surface area contributed by atoms with E-state index in [0.717, 1.165) is 10.9 Å². The Morgan fingerprint density at radius 1 is 1.19 bits per heavy atom. The number of hydrogen-bond acceptors (Lipinski definition) is 3. The van der Waals surface area contributed by atoms with Gasteiger partial charge in [0.05, 0.1) is 0 Å². The average molecular weight is 372 g/mol. The fraction of sp³-hybridized carbons (Fsp3) is 0.421. The van der Waals surface area contributed by atoms with E-state index in [9.17, 15) is 14.4 Å². The number of anilines is 1. The molecule has 3 rings (SSSR count). The highest BCUT2D eigenvalue weighted by atomic mass is 16.4. The largest absolute Gasteiger partial charge is 0.480 e. The summed E-state index contributed by atoms with van der Waals surface area (Å²) in [5.41, 5.74) is 1.50. The molecule has 0 atom stereocenters. The molecule has 0 unspecified atom stereocenters. The minimum absolute atomic E-state index is 0.0230. The first-order valence-corrected chi connectivity index (χ1v) is 8.93. The van der Waals surface area contributed by atoms with Crippen molar-refractivity contribution in [3.05, 3.63) is 30.5 Å². The van der Waals surface area contributed by atoms with Gasteiger partial charge in [-0.2, -0.15) is 0 Å². The van der Waals surface area contributed by atoms with Crippen LogP contribution in [-0.4, -0.2) is 64.6 Å². The lowest BCUT2D eigenvalue weighted by molar-refractivity contribution is -0.137. The molecular weight excluding hydrogens is 348 g/mol. The number of aliphatic carboxylic acids is 1. The molecule has 27 heavy (non-hydrogen) atoms. The van der Waals surface area contributed by atoms with E-state index in [1.807, 2.05) is 18.2 Å². The third kappa shape index (κ3) is 4.21. The number of carboxylic acid groups (broad SMARTS) is 1. The summed E-state index contributed by atoms with van der Waals surface area (Å²) in [5, 5.41) is 12.8. The monoisotopic (exact) mass is 372 g/mol. The molecular formula is C19H24N4O4. The van der Waals surface area contributed by atoms with Gasteiger partial charge in [0.1, 0.15) is 6.54 Å². The number of nitrogens with zero attached hydrogens (tertiary/aromatic N) is 3. The second-order valence-electron chi connectivity index (χ2n) is 7.04. The Bertz CT molecular complexity index is 866. The fourth-order valence-electron chi connectivity index (χ4n) is 3.42. The number of carbonyl (C=O) groups excluding carboxylic acids is 2. The molecule has 2 heterocycles. The third-order valence-corrected chi connectivity index (χ3v) is 4.86. The summed E-state index contributed by atoms with van der Waals surface area (Å²) in [6, 6.07) is 7.25. The molecule has 144 valence electrons. The smallest absolute Gasteiger partial charge is 0.323 e. The standard InChI is InChI=1S/C19H24N4O4/c1-21(2)19(27)22-8-5-13(6-9-22)18(26)20-15-3-4-16-14(11-15)7-10-23(16)12-17(24)25/h3-4,7,10-11,13H,5-6,8-9,12H2,1-2H3,(H,20,26)(H,24,25).